The van der Waals surface area contributed by atoms with Crippen molar-refractivity contribution < 1.29 is 35.3 Å². The fraction of sp³-hybridized carbons (Fsp3) is 0.750. The molecule has 0 fully saturated rings. The van der Waals surface area contributed by atoms with Crippen LogP contribution < -0.4 is 0 Å². The van der Waals surface area contributed by atoms with Crippen molar-refractivity contribution in [1.82, 2.24) is 0 Å². The summed E-state index contributed by atoms with van der Waals surface area (Å²) in [5.41, 5.74) is -5.53. The van der Waals surface area contributed by atoms with Crippen molar-refractivity contribution in [3.05, 3.63) is 0 Å². The van der Waals surface area contributed by atoms with Crippen LogP contribution in [0.4, 0.5) is 13.2 Å². The number of halogens is 3. The molecular weight excluding hydrogens is 249 g/mol. The Kier molecular flexibility index (Phi) is 6.17. The van der Waals surface area contributed by atoms with Gasteiger partial charge in [-0.05, 0) is 0 Å². The molecule has 0 atom stereocenters. The SMILES string of the molecule is COC(=O)COS(=O)(=O)C(F)(F)F.S. The van der Waals surface area contributed by atoms with Crippen LogP contribution in [0.25, 0.3) is 0 Å². The van der Waals surface area contributed by atoms with E-state index in [4.69, 9.17) is 0 Å². The van der Waals surface area contributed by atoms with E-state index in [2.05, 4.69) is 8.92 Å². The minimum absolute atomic E-state index is 0. The molecule has 14 heavy (non-hydrogen) atoms. The first-order chi connectivity index (χ1) is 5.70. The molecule has 0 unspecified atom stereocenters. The highest BCUT2D eigenvalue weighted by molar-refractivity contribution is 7.87. The number of ether oxygens (including phenoxy) is 1. The van der Waals surface area contributed by atoms with E-state index in [9.17, 15) is 26.4 Å². The average molecular weight is 256 g/mol. The molecule has 0 aromatic rings. The van der Waals surface area contributed by atoms with E-state index in [0.29, 0.717) is 0 Å². The predicted molar refractivity (Wildman–Crippen MR) is 43.3 cm³/mol. The first-order valence-electron chi connectivity index (χ1n) is 2.73. The van der Waals surface area contributed by atoms with E-state index in [1.807, 2.05) is 0 Å². The quantitative estimate of drug-likeness (QED) is 0.408. The lowest BCUT2D eigenvalue weighted by Crippen LogP contribution is -2.28. The van der Waals surface area contributed by atoms with Gasteiger partial charge in [-0.1, -0.05) is 0 Å². The third-order valence-electron chi connectivity index (χ3n) is 0.843. The maximum Gasteiger partial charge on any atom is 0.523 e. The number of esters is 1. The Morgan fingerprint density at radius 3 is 2.07 bits per heavy atom. The van der Waals surface area contributed by atoms with Crippen molar-refractivity contribution in [1.29, 1.82) is 0 Å². The summed E-state index contributed by atoms with van der Waals surface area (Å²) in [6.07, 6.45) is 0. The van der Waals surface area contributed by atoms with E-state index < -0.39 is 28.2 Å². The predicted octanol–water partition coefficient (Wildman–Crippen LogP) is 0.138. The first-order valence-corrected chi connectivity index (χ1v) is 4.14. The zero-order valence-electron chi connectivity index (χ0n) is 6.79. The number of rotatable bonds is 3. The molecule has 0 aliphatic heterocycles. The van der Waals surface area contributed by atoms with Crippen LogP contribution in [0.1, 0.15) is 0 Å². The molecule has 0 aliphatic rings. The van der Waals surface area contributed by atoms with Gasteiger partial charge < -0.3 is 4.74 Å². The molecule has 0 heterocycles. The Bertz CT molecular complexity index is 282. The largest absolute Gasteiger partial charge is 0.523 e. The highest BCUT2D eigenvalue weighted by atomic mass is 32.2. The molecular formula is C4H7F3O5S2. The molecule has 10 heteroatoms. The fourth-order valence-electron chi connectivity index (χ4n) is 0.251. The molecule has 0 amide bonds. The van der Waals surface area contributed by atoms with Crippen LogP contribution >= 0.6 is 13.5 Å². The number of carbonyl (C=O) groups excluding carboxylic acids is 1. The summed E-state index contributed by atoms with van der Waals surface area (Å²) in [7, 11) is -4.82. The molecule has 0 aromatic carbocycles. The summed E-state index contributed by atoms with van der Waals surface area (Å²) < 4.78 is 62.0. The van der Waals surface area contributed by atoms with Gasteiger partial charge in [0, 0.05) is 0 Å². The molecule has 0 N–H and O–H groups in total. The van der Waals surface area contributed by atoms with Gasteiger partial charge in [-0.25, -0.2) is 4.79 Å². The standard InChI is InChI=1S/C4H5F3O5S.H2S/c1-11-3(8)2-12-13(9,10)4(5,6)7;/h2H2,1H3;1H2. The Labute approximate surface area is 84.7 Å². The lowest BCUT2D eigenvalue weighted by Gasteiger charge is -2.06. The normalized spacial score (nSPS) is 11.7. The van der Waals surface area contributed by atoms with Crippen LogP contribution in [0.2, 0.25) is 0 Å². The maximum absolute atomic E-state index is 11.5. The molecule has 0 saturated carbocycles. The highest BCUT2D eigenvalue weighted by Gasteiger charge is 2.47. The molecule has 0 spiro atoms. The molecule has 0 saturated heterocycles. The van der Waals surface area contributed by atoms with Gasteiger partial charge in [0.15, 0.2) is 6.61 Å². The van der Waals surface area contributed by atoms with E-state index in [0.717, 1.165) is 7.11 Å². The Morgan fingerprint density at radius 2 is 1.79 bits per heavy atom. The van der Waals surface area contributed by atoms with Crippen molar-refractivity contribution in [2.45, 2.75) is 5.51 Å². The zero-order chi connectivity index (χ0) is 10.7. The Morgan fingerprint density at radius 1 is 1.36 bits per heavy atom. The fourth-order valence-corrected chi connectivity index (χ4v) is 0.636. The van der Waals surface area contributed by atoms with Gasteiger partial charge in [0.2, 0.25) is 0 Å². The topological polar surface area (TPSA) is 69.7 Å². The van der Waals surface area contributed by atoms with Gasteiger partial charge in [0.1, 0.15) is 0 Å². The Balaban J connectivity index is 0. The minimum Gasteiger partial charge on any atom is -0.467 e. The lowest BCUT2D eigenvalue weighted by atomic mass is 10.8. The molecule has 0 aromatic heterocycles. The molecule has 0 rings (SSSR count). The molecule has 5 nitrogen and oxygen atoms in total. The zero-order valence-corrected chi connectivity index (χ0v) is 8.61. The van der Waals surface area contributed by atoms with Crippen molar-refractivity contribution in [2.75, 3.05) is 13.7 Å². The molecule has 0 bridgehead atoms. The summed E-state index contributed by atoms with van der Waals surface area (Å²) in [6, 6.07) is 0. The summed E-state index contributed by atoms with van der Waals surface area (Å²) in [5, 5.41) is 0. The number of hydrogen-bond donors (Lipinski definition) is 0. The minimum atomic E-state index is -5.70. The molecule has 0 aliphatic carbocycles. The van der Waals surface area contributed by atoms with Crippen LogP contribution in [0.5, 0.6) is 0 Å². The van der Waals surface area contributed by atoms with Gasteiger partial charge in [-0.3, -0.25) is 4.18 Å². The summed E-state index contributed by atoms with van der Waals surface area (Å²) in [4.78, 5) is 10.2. The Hall–Kier alpha value is -0.480. The van der Waals surface area contributed by atoms with Crippen molar-refractivity contribution in [3.8, 4) is 0 Å². The third-order valence-corrected chi connectivity index (χ3v) is 1.84. The second kappa shape index (κ2) is 5.41. The van der Waals surface area contributed by atoms with Crippen LogP contribution in [-0.2, 0) is 23.8 Å². The van der Waals surface area contributed by atoms with Crippen molar-refractivity contribution in [3.63, 3.8) is 0 Å². The third kappa shape index (κ3) is 4.67. The summed E-state index contributed by atoms with van der Waals surface area (Å²) in [6.45, 7) is -1.29. The van der Waals surface area contributed by atoms with Crippen LogP contribution in [0.15, 0.2) is 0 Å². The molecule has 86 valence electrons. The van der Waals surface area contributed by atoms with Crippen LogP contribution in [-0.4, -0.2) is 33.6 Å². The van der Waals surface area contributed by atoms with Gasteiger partial charge in [-0.2, -0.15) is 35.1 Å². The van der Waals surface area contributed by atoms with E-state index >= 15 is 0 Å². The second-order valence-corrected chi connectivity index (χ2v) is 3.35. The van der Waals surface area contributed by atoms with Gasteiger partial charge in [0.05, 0.1) is 7.11 Å². The number of methoxy groups -OCH3 is 1. The smallest absolute Gasteiger partial charge is 0.467 e. The monoisotopic (exact) mass is 256 g/mol. The summed E-state index contributed by atoms with van der Waals surface area (Å²) in [5.74, 6) is -1.21. The van der Waals surface area contributed by atoms with E-state index in [1.54, 1.807) is 0 Å². The number of carbonyl (C=O) groups is 1. The second-order valence-electron chi connectivity index (χ2n) is 1.74. The highest BCUT2D eigenvalue weighted by Crippen LogP contribution is 2.24. The number of alkyl halides is 3. The van der Waals surface area contributed by atoms with Gasteiger partial charge >= 0.3 is 21.6 Å². The van der Waals surface area contributed by atoms with Gasteiger partial charge in [-0.15, -0.1) is 0 Å². The number of hydrogen-bond acceptors (Lipinski definition) is 5. The van der Waals surface area contributed by atoms with E-state index in [1.165, 1.54) is 0 Å². The van der Waals surface area contributed by atoms with Crippen LogP contribution in [0, 0.1) is 0 Å². The molecule has 0 radical (unpaired) electrons. The van der Waals surface area contributed by atoms with E-state index in [-0.39, 0.29) is 13.5 Å². The lowest BCUT2D eigenvalue weighted by molar-refractivity contribution is -0.143. The first kappa shape index (κ1) is 16.0. The van der Waals surface area contributed by atoms with Crippen LogP contribution in [0.3, 0.4) is 0 Å². The van der Waals surface area contributed by atoms with Crippen molar-refractivity contribution in [2.24, 2.45) is 0 Å². The van der Waals surface area contributed by atoms with Crippen molar-refractivity contribution >= 4 is 29.6 Å². The van der Waals surface area contributed by atoms with Gasteiger partial charge in [0.25, 0.3) is 0 Å². The summed E-state index contributed by atoms with van der Waals surface area (Å²) >= 11 is 0. The maximum atomic E-state index is 11.5. The average Bonchev–Trinajstić information content (AvgIpc) is 1.98.